The van der Waals surface area contributed by atoms with Crippen LogP contribution in [-0.4, -0.2) is 48.7 Å². The Morgan fingerprint density at radius 1 is 1.47 bits per heavy atom. The highest BCUT2D eigenvalue weighted by Gasteiger charge is 2.16. The average molecular weight is 216 g/mol. The summed E-state index contributed by atoms with van der Waals surface area (Å²) >= 11 is 0. The largest absolute Gasteiger partial charge is 0.395 e. The van der Waals surface area contributed by atoms with Gasteiger partial charge >= 0.3 is 0 Å². The van der Waals surface area contributed by atoms with E-state index in [4.69, 9.17) is 5.11 Å². The third kappa shape index (κ3) is 6.47. The van der Waals surface area contributed by atoms with E-state index in [1.807, 2.05) is 18.9 Å². The Morgan fingerprint density at radius 2 is 2.13 bits per heavy atom. The molecule has 0 heterocycles. The summed E-state index contributed by atoms with van der Waals surface area (Å²) in [4.78, 5) is 13.4. The molecule has 1 amide bonds. The maximum absolute atomic E-state index is 11.6. The highest BCUT2D eigenvalue weighted by atomic mass is 16.3. The number of unbranched alkanes of at least 4 members (excludes halogenated alkanes) is 2. The summed E-state index contributed by atoms with van der Waals surface area (Å²) in [5.74, 6) is 0.0436. The van der Waals surface area contributed by atoms with Crippen LogP contribution >= 0.6 is 0 Å². The number of amides is 1. The molecule has 0 radical (unpaired) electrons. The molecule has 0 rings (SSSR count). The van der Waals surface area contributed by atoms with Crippen molar-refractivity contribution in [1.82, 2.24) is 10.2 Å². The Bertz CT molecular complexity index is 174. The zero-order valence-corrected chi connectivity index (χ0v) is 10.1. The van der Waals surface area contributed by atoms with Gasteiger partial charge < -0.3 is 10.4 Å². The zero-order valence-electron chi connectivity index (χ0n) is 10.1. The zero-order chi connectivity index (χ0) is 11.7. The lowest BCUT2D eigenvalue weighted by molar-refractivity contribution is -0.125. The monoisotopic (exact) mass is 216 g/mol. The number of hydrogen-bond acceptors (Lipinski definition) is 3. The maximum atomic E-state index is 11.6. The number of nitrogens with one attached hydrogen (secondary N) is 1. The van der Waals surface area contributed by atoms with Gasteiger partial charge in [-0.2, -0.15) is 0 Å². The summed E-state index contributed by atoms with van der Waals surface area (Å²) in [5, 5.41) is 11.6. The Hall–Kier alpha value is -0.610. The molecule has 0 spiro atoms. The molecule has 0 aromatic rings. The second kappa shape index (κ2) is 8.68. The molecule has 0 saturated carbocycles. The molecule has 2 N–H and O–H groups in total. The second-order valence-electron chi connectivity index (χ2n) is 3.88. The molecule has 0 aromatic carbocycles. The number of rotatable bonds is 8. The second-order valence-corrected chi connectivity index (χ2v) is 3.88. The molecular formula is C11H24N2O2. The van der Waals surface area contributed by atoms with Gasteiger partial charge in [-0.3, -0.25) is 9.69 Å². The van der Waals surface area contributed by atoms with E-state index in [1.165, 1.54) is 0 Å². The number of carbonyl (C=O) groups excluding carboxylic acids is 1. The first-order chi connectivity index (χ1) is 7.13. The molecule has 0 saturated heterocycles. The molecular weight excluding hydrogens is 192 g/mol. The van der Waals surface area contributed by atoms with Crippen LogP contribution in [0.4, 0.5) is 0 Å². The first-order valence-corrected chi connectivity index (χ1v) is 5.72. The third-order valence-electron chi connectivity index (χ3n) is 2.57. The predicted octanol–water partition coefficient (Wildman–Crippen LogP) is 0.605. The van der Waals surface area contributed by atoms with Gasteiger partial charge in [0, 0.05) is 13.1 Å². The van der Waals surface area contributed by atoms with Crippen LogP contribution in [0.5, 0.6) is 0 Å². The third-order valence-corrected chi connectivity index (χ3v) is 2.57. The molecule has 0 aliphatic rings. The normalized spacial score (nSPS) is 12.9. The maximum Gasteiger partial charge on any atom is 0.237 e. The van der Waals surface area contributed by atoms with Gasteiger partial charge in [0.25, 0.3) is 0 Å². The SMILES string of the molecule is CCCCCNC(=O)C(C)N(C)CCO. The first-order valence-electron chi connectivity index (χ1n) is 5.72. The fourth-order valence-corrected chi connectivity index (χ4v) is 1.29. The van der Waals surface area contributed by atoms with Crippen molar-refractivity contribution in [2.24, 2.45) is 0 Å². The first kappa shape index (κ1) is 14.4. The fraction of sp³-hybridized carbons (Fsp3) is 0.909. The number of nitrogens with zero attached hydrogens (tertiary/aromatic N) is 1. The molecule has 0 aliphatic carbocycles. The van der Waals surface area contributed by atoms with Gasteiger partial charge in [0.05, 0.1) is 12.6 Å². The van der Waals surface area contributed by atoms with Crippen LogP contribution in [0.2, 0.25) is 0 Å². The van der Waals surface area contributed by atoms with Crippen LogP contribution in [0, 0.1) is 0 Å². The number of likely N-dealkylation sites (N-methyl/N-ethyl adjacent to an activating group) is 1. The van der Waals surface area contributed by atoms with Crippen LogP contribution in [-0.2, 0) is 4.79 Å². The number of carbonyl (C=O) groups is 1. The fourth-order valence-electron chi connectivity index (χ4n) is 1.29. The van der Waals surface area contributed by atoms with E-state index in [0.717, 1.165) is 25.8 Å². The summed E-state index contributed by atoms with van der Waals surface area (Å²) in [7, 11) is 1.84. The molecule has 1 unspecified atom stereocenters. The van der Waals surface area contributed by atoms with Gasteiger partial charge in [0.15, 0.2) is 0 Å². The Balaban J connectivity index is 3.68. The van der Waals surface area contributed by atoms with Crippen molar-refractivity contribution in [1.29, 1.82) is 0 Å². The van der Waals surface area contributed by atoms with Crippen molar-refractivity contribution in [3.8, 4) is 0 Å². The van der Waals surface area contributed by atoms with E-state index in [0.29, 0.717) is 6.54 Å². The van der Waals surface area contributed by atoms with Crippen molar-refractivity contribution in [3.63, 3.8) is 0 Å². The lowest BCUT2D eigenvalue weighted by Gasteiger charge is -2.22. The summed E-state index contributed by atoms with van der Waals surface area (Å²) in [6, 6.07) is -0.168. The van der Waals surface area contributed by atoms with Gasteiger partial charge in [0.1, 0.15) is 0 Å². The number of aliphatic hydroxyl groups is 1. The highest BCUT2D eigenvalue weighted by Crippen LogP contribution is 1.96. The smallest absolute Gasteiger partial charge is 0.237 e. The number of aliphatic hydroxyl groups excluding tert-OH is 1. The van der Waals surface area contributed by atoms with Crippen LogP contribution in [0.15, 0.2) is 0 Å². The van der Waals surface area contributed by atoms with Gasteiger partial charge in [-0.05, 0) is 20.4 Å². The molecule has 15 heavy (non-hydrogen) atoms. The quantitative estimate of drug-likeness (QED) is 0.584. The van der Waals surface area contributed by atoms with Crippen LogP contribution in [0.25, 0.3) is 0 Å². The minimum absolute atomic E-state index is 0.0436. The molecule has 0 bridgehead atoms. The summed E-state index contributed by atoms with van der Waals surface area (Å²) in [6.45, 7) is 5.36. The van der Waals surface area contributed by atoms with Crippen LogP contribution in [0.1, 0.15) is 33.1 Å². The highest BCUT2D eigenvalue weighted by molar-refractivity contribution is 5.81. The predicted molar refractivity (Wildman–Crippen MR) is 61.7 cm³/mol. The lowest BCUT2D eigenvalue weighted by atomic mass is 10.2. The van der Waals surface area contributed by atoms with Crippen LogP contribution < -0.4 is 5.32 Å². The van der Waals surface area contributed by atoms with E-state index < -0.39 is 0 Å². The summed E-state index contributed by atoms with van der Waals surface area (Å²) in [5.41, 5.74) is 0. The van der Waals surface area contributed by atoms with E-state index >= 15 is 0 Å². The molecule has 1 atom stereocenters. The molecule has 0 fully saturated rings. The minimum Gasteiger partial charge on any atom is -0.395 e. The van der Waals surface area contributed by atoms with Gasteiger partial charge in [-0.25, -0.2) is 0 Å². The topological polar surface area (TPSA) is 52.6 Å². The molecule has 0 aromatic heterocycles. The van der Waals surface area contributed by atoms with Crippen LogP contribution in [0.3, 0.4) is 0 Å². The van der Waals surface area contributed by atoms with Gasteiger partial charge in [0.2, 0.25) is 5.91 Å². The van der Waals surface area contributed by atoms with E-state index in [2.05, 4.69) is 12.2 Å². The van der Waals surface area contributed by atoms with E-state index in [-0.39, 0.29) is 18.6 Å². The van der Waals surface area contributed by atoms with E-state index in [1.54, 1.807) is 0 Å². The summed E-state index contributed by atoms with van der Waals surface area (Å²) in [6.07, 6.45) is 3.36. The van der Waals surface area contributed by atoms with Crippen molar-refractivity contribution < 1.29 is 9.90 Å². The molecule has 4 heteroatoms. The van der Waals surface area contributed by atoms with Crippen molar-refractivity contribution in [2.75, 3.05) is 26.7 Å². The Morgan fingerprint density at radius 3 is 2.67 bits per heavy atom. The van der Waals surface area contributed by atoms with Gasteiger partial charge in [-0.1, -0.05) is 19.8 Å². The summed E-state index contributed by atoms with van der Waals surface area (Å²) < 4.78 is 0. The standard InChI is InChI=1S/C11H24N2O2/c1-4-5-6-7-12-11(15)10(2)13(3)8-9-14/h10,14H,4-9H2,1-3H3,(H,12,15). The van der Waals surface area contributed by atoms with Gasteiger partial charge in [-0.15, -0.1) is 0 Å². The molecule has 90 valence electrons. The Kier molecular flexibility index (Phi) is 8.33. The Labute approximate surface area is 92.7 Å². The lowest BCUT2D eigenvalue weighted by Crippen LogP contribution is -2.44. The molecule has 4 nitrogen and oxygen atoms in total. The average Bonchev–Trinajstić information content (AvgIpc) is 2.23. The van der Waals surface area contributed by atoms with Crippen molar-refractivity contribution in [2.45, 2.75) is 39.2 Å². The van der Waals surface area contributed by atoms with Crippen molar-refractivity contribution >= 4 is 5.91 Å². The minimum atomic E-state index is -0.168. The number of hydrogen-bond donors (Lipinski definition) is 2. The van der Waals surface area contributed by atoms with Crippen molar-refractivity contribution in [3.05, 3.63) is 0 Å². The van der Waals surface area contributed by atoms with E-state index in [9.17, 15) is 4.79 Å². The molecule has 0 aliphatic heterocycles.